The predicted molar refractivity (Wildman–Crippen MR) is 119 cm³/mol. The number of rotatable bonds is 5. The quantitative estimate of drug-likeness (QED) is 0.595. The molecule has 0 radical (unpaired) electrons. The molecule has 1 amide bonds. The fraction of sp³-hybridized carbons (Fsp3) is 0.450. The lowest BCUT2D eigenvalue weighted by Crippen LogP contribution is -2.51. The number of amides is 1. The van der Waals surface area contributed by atoms with E-state index in [1.807, 2.05) is 20.0 Å². The number of nitrogens with one attached hydrogen (secondary N) is 1. The molecule has 1 aliphatic heterocycles. The van der Waals surface area contributed by atoms with Crippen molar-refractivity contribution < 1.29 is 18.3 Å². The van der Waals surface area contributed by atoms with Gasteiger partial charge in [-0.1, -0.05) is 37.3 Å². The minimum atomic E-state index is -3.23. The molecule has 2 aromatic heterocycles. The van der Waals surface area contributed by atoms with Gasteiger partial charge in [0.2, 0.25) is 10.1 Å². The van der Waals surface area contributed by atoms with Gasteiger partial charge in [-0.3, -0.25) is 0 Å². The molecule has 9 nitrogen and oxygen atoms in total. The molecule has 31 heavy (non-hydrogen) atoms. The third kappa shape index (κ3) is 4.52. The normalized spacial score (nSPS) is 19.8. The third-order valence-corrected chi connectivity index (χ3v) is 7.59. The van der Waals surface area contributed by atoms with E-state index in [4.69, 9.17) is 0 Å². The fourth-order valence-corrected chi connectivity index (χ4v) is 5.43. The van der Waals surface area contributed by atoms with Gasteiger partial charge in [-0.05, 0) is 30.9 Å². The molecule has 3 aromatic rings. The Morgan fingerprint density at radius 1 is 1.29 bits per heavy atom. The Bertz CT molecular complexity index is 1170. The van der Waals surface area contributed by atoms with Crippen molar-refractivity contribution in [1.29, 1.82) is 0 Å². The molecular formula is C20H25N5O4S2. The van der Waals surface area contributed by atoms with Gasteiger partial charge in [-0.25, -0.2) is 22.7 Å². The Balaban J connectivity index is 1.47. The number of imidazole rings is 1. The highest BCUT2D eigenvalue weighted by Gasteiger charge is 2.33. The van der Waals surface area contributed by atoms with E-state index >= 15 is 0 Å². The van der Waals surface area contributed by atoms with E-state index in [2.05, 4.69) is 15.4 Å². The summed E-state index contributed by atoms with van der Waals surface area (Å²) in [6.45, 7) is 4.60. The smallest absolute Gasteiger partial charge is 0.407 e. The van der Waals surface area contributed by atoms with Crippen molar-refractivity contribution in [2.45, 2.75) is 43.7 Å². The number of nitrogens with zero attached hydrogens (tertiary/aromatic N) is 4. The molecule has 0 spiro atoms. The maximum atomic E-state index is 11.6. The number of likely N-dealkylation sites (tertiary alicyclic amines) is 1. The number of carbonyl (C=O) groups is 1. The maximum absolute atomic E-state index is 11.6. The number of piperidine rings is 1. The van der Waals surface area contributed by atoms with Crippen molar-refractivity contribution in [1.82, 2.24) is 19.5 Å². The Morgan fingerprint density at radius 3 is 2.58 bits per heavy atom. The van der Waals surface area contributed by atoms with Gasteiger partial charge in [0, 0.05) is 30.4 Å². The summed E-state index contributed by atoms with van der Waals surface area (Å²) in [5.41, 5.74) is 1.54. The van der Waals surface area contributed by atoms with Crippen molar-refractivity contribution in [3.63, 3.8) is 0 Å². The van der Waals surface area contributed by atoms with Crippen LogP contribution in [0.5, 0.6) is 0 Å². The summed E-state index contributed by atoms with van der Waals surface area (Å²) in [5.74, 6) is 0.242. The Hall–Kier alpha value is -2.66. The SMILES string of the molecule is CC(C)C1CC(Nc2nn3cc(-c4ccc(S(C)(=O)=O)cc4)nc3s2)CCN1C(=O)O. The predicted octanol–water partition coefficient (Wildman–Crippen LogP) is 3.44. The van der Waals surface area contributed by atoms with Crippen LogP contribution in [0.4, 0.5) is 9.93 Å². The standard InChI is InChI=1S/C20H25N5O4S2/c1-12(2)17-10-14(8-9-24(17)20(26)27)21-18-23-25-11-16(22-19(25)30-18)13-4-6-15(7-5-13)31(3,28)29/h4-7,11-12,14,17H,8-10H2,1-3H3,(H,21,23)(H,26,27). The lowest BCUT2D eigenvalue weighted by molar-refractivity contribution is 0.0858. The summed E-state index contributed by atoms with van der Waals surface area (Å²) in [6.07, 6.45) is 3.61. The molecule has 0 aliphatic carbocycles. The van der Waals surface area contributed by atoms with Gasteiger partial charge in [0.05, 0.1) is 16.8 Å². The van der Waals surface area contributed by atoms with Crippen LogP contribution in [0, 0.1) is 5.92 Å². The van der Waals surface area contributed by atoms with Crippen molar-refractivity contribution in [3.05, 3.63) is 30.5 Å². The number of benzene rings is 1. The van der Waals surface area contributed by atoms with Gasteiger partial charge in [0.15, 0.2) is 9.84 Å². The van der Waals surface area contributed by atoms with E-state index < -0.39 is 15.9 Å². The second-order valence-electron chi connectivity index (χ2n) is 8.21. The average molecular weight is 464 g/mol. The monoisotopic (exact) mass is 463 g/mol. The number of sulfone groups is 1. The van der Waals surface area contributed by atoms with E-state index in [9.17, 15) is 18.3 Å². The Kier molecular flexibility index (Phi) is 5.65. The molecule has 0 bridgehead atoms. The molecule has 0 saturated carbocycles. The molecule has 166 valence electrons. The molecule has 2 unspecified atom stereocenters. The van der Waals surface area contributed by atoms with E-state index in [1.54, 1.807) is 33.7 Å². The van der Waals surface area contributed by atoms with E-state index in [-0.39, 0.29) is 22.9 Å². The van der Waals surface area contributed by atoms with Crippen LogP contribution in [0.1, 0.15) is 26.7 Å². The topological polar surface area (TPSA) is 117 Å². The molecule has 2 atom stereocenters. The molecule has 1 fully saturated rings. The van der Waals surface area contributed by atoms with Crippen molar-refractivity contribution in [2.24, 2.45) is 5.92 Å². The first-order chi connectivity index (χ1) is 14.6. The summed E-state index contributed by atoms with van der Waals surface area (Å²) in [5, 5.41) is 18.2. The van der Waals surface area contributed by atoms with Crippen LogP contribution in [-0.2, 0) is 9.84 Å². The minimum Gasteiger partial charge on any atom is -0.465 e. The zero-order chi connectivity index (χ0) is 22.3. The van der Waals surface area contributed by atoms with Crippen LogP contribution in [-0.4, -0.2) is 64.0 Å². The molecule has 2 N–H and O–H groups in total. The van der Waals surface area contributed by atoms with E-state index in [1.165, 1.54) is 17.6 Å². The van der Waals surface area contributed by atoms with Crippen LogP contribution in [0.25, 0.3) is 16.2 Å². The number of hydrogen-bond donors (Lipinski definition) is 2. The van der Waals surface area contributed by atoms with E-state index in [0.29, 0.717) is 6.54 Å². The Morgan fingerprint density at radius 2 is 2.00 bits per heavy atom. The maximum Gasteiger partial charge on any atom is 0.407 e. The van der Waals surface area contributed by atoms with Crippen LogP contribution < -0.4 is 5.32 Å². The summed E-state index contributed by atoms with van der Waals surface area (Å²) in [6, 6.07) is 6.77. The first kappa shape index (κ1) is 21.6. The van der Waals surface area contributed by atoms with Gasteiger partial charge >= 0.3 is 6.09 Å². The van der Waals surface area contributed by atoms with Crippen molar-refractivity contribution >= 4 is 37.4 Å². The van der Waals surface area contributed by atoms with Crippen LogP contribution in [0.15, 0.2) is 35.4 Å². The second kappa shape index (κ2) is 8.12. The van der Waals surface area contributed by atoms with Gasteiger partial charge in [-0.2, -0.15) is 0 Å². The van der Waals surface area contributed by atoms with Crippen LogP contribution in [0.3, 0.4) is 0 Å². The summed E-state index contributed by atoms with van der Waals surface area (Å²) >= 11 is 1.43. The highest BCUT2D eigenvalue weighted by molar-refractivity contribution is 7.90. The molecule has 1 aromatic carbocycles. The number of aromatic nitrogens is 3. The first-order valence-electron chi connectivity index (χ1n) is 10.0. The number of carboxylic acid groups (broad SMARTS) is 1. The molecular weight excluding hydrogens is 438 g/mol. The Labute approximate surface area is 184 Å². The summed E-state index contributed by atoms with van der Waals surface area (Å²) in [7, 11) is -3.23. The number of anilines is 1. The highest BCUT2D eigenvalue weighted by atomic mass is 32.2. The van der Waals surface area contributed by atoms with Crippen LogP contribution in [0.2, 0.25) is 0 Å². The lowest BCUT2D eigenvalue weighted by Gasteiger charge is -2.40. The third-order valence-electron chi connectivity index (χ3n) is 5.61. The molecule has 1 aliphatic rings. The van der Waals surface area contributed by atoms with Crippen molar-refractivity contribution in [3.8, 4) is 11.3 Å². The zero-order valence-corrected chi connectivity index (χ0v) is 19.2. The average Bonchev–Trinajstić information content (AvgIpc) is 3.25. The van der Waals surface area contributed by atoms with Crippen LogP contribution >= 0.6 is 11.3 Å². The second-order valence-corrected chi connectivity index (χ2v) is 11.2. The van der Waals surface area contributed by atoms with Crippen molar-refractivity contribution in [2.75, 3.05) is 18.1 Å². The molecule has 11 heteroatoms. The fourth-order valence-electron chi connectivity index (χ4n) is 3.94. The highest BCUT2D eigenvalue weighted by Crippen LogP contribution is 2.29. The molecule has 1 saturated heterocycles. The molecule has 4 rings (SSSR count). The number of fused-ring (bicyclic) bond motifs is 1. The van der Waals surface area contributed by atoms with Gasteiger partial charge in [0.1, 0.15) is 0 Å². The van der Waals surface area contributed by atoms with Gasteiger partial charge in [-0.15, -0.1) is 5.10 Å². The first-order valence-corrected chi connectivity index (χ1v) is 12.8. The molecule has 3 heterocycles. The van der Waals surface area contributed by atoms with Gasteiger partial charge in [0.25, 0.3) is 0 Å². The van der Waals surface area contributed by atoms with E-state index in [0.717, 1.165) is 34.2 Å². The van der Waals surface area contributed by atoms with Gasteiger partial charge < -0.3 is 15.3 Å². The number of hydrogen-bond acceptors (Lipinski definition) is 7. The largest absolute Gasteiger partial charge is 0.465 e. The summed E-state index contributed by atoms with van der Waals surface area (Å²) in [4.78, 5) is 18.6. The zero-order valence-electron chi connectivity index (χ0n) is 17.5. The minimum absolute atomic E-state index is 0.0192. The summed E-state index contributed by atoms with van der Waals surface area (Å²) < 4.78 is 25.0. The lowest BCUT2D eigenvalue weighted by atomic mass is 9.90.